The van der Waals surface area contributed by atoms with E-state index in [1.54, 1.807) is 13.2 Å². The molecule has 0 radical (unpaired) electrons. The average Bonchev–Trinajstić information content (AvgIpc) is 2.16. The number of anilines is 1. The van der Waals surface area contributed by atoms with Crippen molar-refractivity contribution in [1.29, 1.82) is 0 Å². The molecule has 13 heavy (non-hydrogen) atoms. The van der Waals surface area contributed by atoms with Gasteiger partial charge in [0.25, 0.3) is 0 Å². The average molecular weight is 243 g/mol. The maximum atomic E-state index is 9.67. The van der Waals surface area contributed by atoms with Gasteiger partial charge in [-0.2, -0.15) is 0 Å². The van der Waals surface area contributed by atoms with E-state index in [4.69, 9.17) is 10.5 Å². The standard InChI is InChI=1S/C9H14AsNO2/c1-3-10(12)7-4-5-9(13-2)8(11)6-7/h4-6,12H,3,11H2,1-2H3. The van der Waals surface area contributed by atoms with E-state index in [0.717, 1.165) is 9.56 Å². The van der Waals surface area contributed by atoms with Crippen molar-refractivity contribution < 1.29 is 8.83 Å². The molecule has 4 heteroatoms. The van der Waals surface area contributed by atoms with E-state index >= 15 is 0 Å². The van der Waals surface area contributed by atoms with Crippen LogP contribution in [0.1, 0.15) is 6.92 Å². The van der Waals surface area contributed by atoms with Crippen LogP contribution >= 0.6 is 0 Å². The van der Waals surface area contributed by atoms with Gasteiger partial charge < -0.3 is 0 Å². The van der Waals surface area contributed by atoms with Gasteiger partial charge in [-0.05, 0) is 0 Å². The molecule has 0 saturated heterocycles. The SMILES string of the molecule is CC[As](O)c1ccc(OC)c(N)c1. The van der Waals surface area contributed by atoms with Crippen LogP contribution in [0.15, 0.2) is 18.2 Å². The van der Waals surface area contributed by atoms with Crippen molar-refractivity contribution in [3.05, 3.63) is 18.2 Å². The van der Waals surface area contributed by atoms with Crippen molar-refractivity contribution in [2.45, 2.75) is 12.1 Å². The molecule has 1 atom stereocenters. The third-order valence-electron chi connectivity index (χ3n) is 1.81. The van der Waals surface area contributed by atoms with Crippen LogP contribution in [0.3, 0.4) is 0 Å². The first-order valence-electron chi connectivity index (χ1n) is 4.09. The second-order valence-electron chi connectivity index (χ2n) is 2.64. The molecule has 0 saturated carbocycles. The molecule has 1 unspecified atom stereocenters. The van der Waals surface area contributed by atoms with Gasteiger partial charge in [-0.15, -0.1) is 0 Å². The van der Waals surface area contributed by atoms with Crippen molar-refractivity contribution >= 4 is 25.0 Å². The molecule has 0 spiro atoms. The monoisotopic (exact) mass is 243 g/mol. The summed E-state index contributed by atoms with van der Waals surface area (Å²) >= 11 is -1.80. The third-order valence-corrected chi connectivity index (χ3v) is 4.90. The molecule has 1 aromatic carbocycles. The fourth-order valence-corrected chi connectivity index (χ4v) is 2.95. The van der Waals surface area contributed by atoms with Crippen LogP contribution in [0.4, 0.5) is 5.69 Å². The van der Waals surface area contributed by atoms with Crippen LogP contribution in [-0.2, 0) is 0 Å². The minimum atomic E-state index is -1.80. The second kappa shape index (κ2) is 4.54. The van der Waals surface area contributed by atoms with Crippen LogP contribution in [0.2, 0.25) is 5.21 Å². The first kappa shape index (κ1) is 10.4. The van der Waals surface area contributed by atoms with Gasteiger partial charge in [-0.3, -0.25) is 0 Å². The molecule has 0 fully saturated rings. The van der Waals surface area contributed by atoms with Crippen LogP contribution in [0.25, 0.3) is 0 Å². The Balaban J connectivity index is 2.95. The molecule has 0 heterocycles. The quantitative estimate of drug-likeness (QED) is 0.600. The van der Waals surface area contributed by atoms with Crippen molar-refractivity contribution in [3.8, 4) is 5.75 Å². The van der Waals surface area contributed by atoms with Crippen LogP contribution < -0.4 is 14.8 Å². The first-order valence-corrected chi connectivity index (χ1v) is 7.19. The molecule has 0 aromatic heterocycles. The molecule has 72 valence electrons. The normalized spacial score (nSPS) is 12.5. The summed E-state index contributed by atoms with van der Waals surface area (Å²) in [6.07, 6.45) is 0. The molecule has 1 rings (SSSR count). The Bertz CT molecular complexity index is 291. The molecule has 1 aromatic rings. The number of nitrogens with two attached hydrogens (primary N) is 1. The number of methoxy groups -OCH3 is 1. The van der Waals surface area contributed by atoms with E-state index in [1.165, 1.54) is 0 Å². The minimum absolute atomic E-state index is 0.599. The van der Waals surface area contributed by atoms with Gasteiger partial charge in [0.2, 0.25) is 0 Å². The Morgan fingerprint density at radius 1 is 1.54 bits per heavy atom. The predicted molar refractivity (Wildman–Crippen MR) is 55.5 cm³/mol. The molecule has 3 nitrogen and oxygen atoms in total. The third kappa shape index (κ3) is 2.39. The first-order chi connectivity index (χ1) is 6.19. The topological polar surface area (TPSA) is 55.5 Å². The number of hydrogen-bond acceptors (Lipinski definition) is 3. The van der Waals surface area contributed by atoms with Crippen LogP contribution in [-0.4, -0.2) is 26.2 Å². The van der Waals surface area contributed by atoms with Gasteiger partial charge in [0, 0.05) is 0 Å². The summed E-state index contributed by atoms with van der Waals surface area (Å²) in [5.74, 6) is 0.669. The molecular formula is C9H14AsNO2. The van der Waals surface area contributed by atoms with Gasteiger partial charge in [-0.25, -0.2) is 0 Å². The Labute approximate surface area is 83.1 Å². The summed E-state index contributed by atoms with van der Waals surface area (Å²) in [6.45, 7) is 1.99. The Kier molecular flexibility index (Phi) is 3.64. The van der Waals surface area contributed by atoms with E-state index in [-0.39, 0.29) is 0 Å². The van der Waals surface area contributed by atoms with E-state index in [1.807, 2.05) is 19.1 Å². The number of rotatable bonds is 3. The summed E-state index contributed by atoms with van der Waals surface area (Å²) in [7, 11) is 1.58. The van der Waals surface area contributed by atoms with E-state index in [2.05, 4.69) is 0 Å². The molecule has 0 bridgehead atoms. The molecule has 0 aliphatic rings. The fraction of sp³-hybridized carbons (Fsp3) is 0.333. The molecular weight excluding hydrogens is 229 g/mol. The Morgan fingerprint density at radius 3 is 2.69 bits per heavy atom. The van der Waals surface area contributed by atoms with Crippen molar-refractivity contribution in [2.24, 2.45) is 0 Å². The number of ether oxygens (including phenoxy) is 1. The van der Waals surface area contributed by atoms with Gasteiger partial charge in [0.05, 0.1) is 0 Å². The summed E-state index contributed by atoms with van der Waals surface area (Å²) in [6, 6.07) is 5.50. The Morgan fingerprint density at radius 2 is 2.23 bits per heavy atom. The van der Waals surface area contributed by atoms with E-state index in [9.17, 15) is 4.10 Å². The van der Waals surface area contributed by atoms with E-state index < -0.39 is 15.0 Å². The summed E-state index contributed by atoms with van der Waals surface area (Å²) in [5, 5.41) is 0.832. The summed E-state index contributed by atoms with van der Waals surface area (Å²) in [4.78, 5) is 0. The zero-order chi connectivity index (χ0) is 9.84. The van der Waals surface area contributed by atoms with Crippen LogP contribution in [0, 0.1) is 0 Å². The maximum absolute atomic E-state index is 9.67. The van der Waals surface area contributed by atoms with Crippen molar-refractivity contribution in [1.82, 2.24) is 0 Å². The van der Waals surface area contributed by atoms with Gasteiger partial charge in [-0.1, -0.05) is 0 Å². The zero-order valence-corrected chi connectivity index (χ0v) is 9.70. The molecule has 0 aliphatic heterocycles. The number of benzene rings is 1. The summed E-state index contributed by atoms with van der Waals surface area (Å²) in [5.41, 5.74) is 6.31. The van der Waals surface area contributed by atoms with Gasteiger partial charge in [0.15, 0.2) is 0 Å². The molecule has 0 amide bonds. The second-order valence-corrected chi connectivity index (χ2v) is 6.73. The zero-order valence-electron chi connectivity index (χ0n) is 7.82. The van der Waals surface area contributed by atoms with Gasteiger partial charge in [0.1, 0.15) is 0 Å². The molecule has 0 aliphatic carbocycles. The van der Waals surface area contributed by atoms with Gasteiger partial charge >= 0.3 is 82.8 Å². The van der Waals surface area contributed by atoms with Crippen molar-refractivity contribution in [2.75, 3.05) is 12.8 Å². The van der Waals surface area contributed by atoms with E-state index in [0.29, 0.717) is 11.4 Å². The Hall–Kier alpha value is -0.662. The van der Waals surface area contributed by atoms with Crippen molar-refractivity contribution in [3.63, 3.8) is 0 Å². The summed E-state index contributed by atoms with van der Waals surface area (Å²) < 4.78 is 15.7. The predicted octanol–water partition coefficient (Wildman–Crippen LogP) is 0.488. The molecule has 3 N–H and O–H groups in total. The van der Waals surface area contributed by atoms with Crippen LogP contribution in [0.5, 0.6) is 5.75 Å². The number of nitrogen functional groups attached to an aromatic ring is 1. The number of hydrogen-bond donors (Lipinski definition) is 2. The fourth-order valence-electron chi connectivity index (χ4n) is 1.06.